The van der Waals surface area contributed by atoms with Crippen LogP contribution in [0.25, 0.3) is 0 Å². The second kappa shape index (κ2) is 3.61. The van der Waals surface area contributed by atoms with Crippen molar-refractivity contribution in [1.29, 1.82) is 0 Å². The fourth-order valence-corrected chi connectivity index (χ4v) is 1.70. The zero-order valence-electron chi connectivity index (χ0n) is 7.81. The molecule has 1 aliphatic heterocycles. The predicted molar refractivity (Wildman–Crippen MR) is 57.9 cm³/mol. The molecule has 1 aromatic carbocycles. The summed E-state index contributed by atoms with van der Waals surface area (Å²) >= 11 is 4.25. The van der Waals surface area contributed by atoms with E-state index in [1.807, 2.05) is 6.92 Å². The third-order valence-corrected chi connectivity index (χ3v) is 2.77. The maximum atomic E-state index is 12.7. The largest absolute Gasteiger partial charge is 0.305 e. The first-order valence-electron chi connectivity index (χ1n) is 4.43. The molecule has 0 N–H and O–H groups in total. The molecular formula is C10H11FN2S. The molecule has 1 atom stereocenters. The molecule has 0 saturated heterocycles. The first kappa shape index (κ1) is 9.52. The van der Waals surface area contributed by atoms with Gasteiger partial charge in [0.2, 0.25) is 0 Å². The summed E-state index contributed by atoms with van der Waals surface area (Å²) in [6, 6.07) is 6.55. The van der Waals surface area contributed by atoms with E-state index in [1.165, 1.54) is 12.1 Å². The summed E-state index contributed by atoms with van der Waals surface area (Å²) in [5.74, 6) is 0.692. The summed E-state index contributed by atoms with van der Waals surface area (Å²) in [5.41, 5.74) is 1.03. The average molecular weight is 210 g/mol. The monoisotopic (exact) mass is 210 g/mol. The standard InChI is InChI=1S/C10H11FN2S/c1-7-12-10(6-13(7)14)8-2-4-9(11)5-3-8/h2-5,10,14H,6H2,1H3. The number of aliphatic imine (C=N–C) groups is 1. The van der Waals surface area contributed by atoms with Crippen LogP contribution in [0.3, 0.4) is 0 Å². The summed E-state index contributed by atoms with van der Waals surface area (Å²) in [5, 5.41) is 0. The van der Waals surface area contributed by atoms with E-state index in [0.717, 1.165) is 17.9 Å². The Balaban J connectivity index is 2.22. The van der Waals surface area contributed by atoms with Gasteiger partial charge in [-0.05, 0) is 24.6 Å². The van der Waals surface area contributed by atoms with Crippen LogP contribution in [0.4, 0.5) is 4.39 Å². The van der Waals surface area contributed by atoms with Gasteiger partial charge in [0.1, 0.15) is 11.7 Å². The van der Waals surface area contributed by atoms with Gasteiger partial charge in [0, 0.05) is 0 Å². The van der Waals surface area contributed by atoms with Crippen LogP contribution in [0, 0.1) is 5.82 Å². The first-order chi connectivity index (χ1) is 6.66. The number of hydrogen-bond acceptors (Lipinski definition) is 3. The van der Waals surface area contributed by atoms with Gasteiger partial charge in [0.15, 0.2) is 0 Å². The van der Waals surface area contributed by atoms with Crippen LogP contribution in [0.15, 0.2) is 29.3 Å². The quantitative estimate of drug-likeness (QED) is 0.704. The number of halogens is 1. The van der Waals surface area contributed by atoms with Gasteiger partial charge in [-0.3, -0.25) is 4.99 Å². The molecule has 0 spiro atoms. The maximum Gasteiger partial charge on any atom is 0.123 e. The molecule has 0 aromatic heterocycles. The Morgan fingerprint density at radius 1 is 1.43 bits per heavy atom. The van der Waals surface area contributed by atoms with Crippen LogP contribution in [-0.2, 0) is 0 Å². The Morgan fingerprint density at radius 3 is 2.57 bits per heavy atom. The molecule has 74 valence electrons. The Hall–Kier alpha value is -1.03. The SMILES string of the molecule is CC1=NC(c2ccc(F)cc2)CN1S. The van der Waals surface area contributed by atoms with Crippen LogP contribution in [0.5, 0.6) is 0 Å². The second-order valence-corrected chi connectivity index (χ2v) is 3.81. The maximum absolute atomic E-state index is 12.7. The van der Waals surface area contributed by atoms with Crippen LogP contribution >= 0.6 is 12.8 Å². The smallest absolute Gasteiger partial charge is 0.123 e. The molecule has 1 aliphatic rings. The highest BCUT2D eigenvalue weighted by molar-refractivity contribution is 7.78. The Kier molecular flexibility index (Phi) is 2.46. The van der Waals surface area contributed by atoms with Gasteiger partial charge in [-0.1, -0.05) is 24.9 Å². The normalized spacial score (nSPS) is 21.2. The van der Waals surface area contributed by atoms with Crippen molar-refractivity contribution in [3.63, 3.8) is 0 Å². The minimum Gasteiger partial charge on any atom is -0.305 e. The molecule has 2 rings (SSSR count). The highest BCUT2D eigenvalue weighted by atomic mass is 32.1. The zero-order chi connectivity index (χ0) is 10.1. The highest BCUT2D eigenvalue weighted by Gasteiger charge is 2.21. The number of benzene rings is 1. The molecule has 0 amide bonds. The molecule has 1 heterocycles. The molecule has 2 nitrogen and oxygen atoms in total. The fraction of sp³-hybridized carbons (Fsp3) is 0.300. The van der Waals surface area contributed by atoms with E-state index >= 15 is 0 Å². The van der Waals surface area contributed by atoms with Gasteiger partial charge in [-0.15, -0.1) is 0 Å². The molecule has 0 saturated carbocycles. The molecule has 14 heavy (non-hydrogen) atoms. The third kappa shape index (κ3) is 1.75. The van der Waals surface area contributed by atoms with Gasteiger partial charge >= 0.3 is 0 Å². The molecule has 0 aliphatic carbocycles. The van der Waals surface area contributed by atoms with Crippen LogP contribution in [0.2, 0.25) is 0 Å². The minimum absolute atomic E-state index is 0.0908. The molecule has 0 bridgehead atoms. The molecule has 0 radical (unpaired) electrons. The third-order valence-electron chi connectivity index (χ3n) is 2.32. The van der Waals surface area contributed by atoms with Crippen molar-refractivity contribution in [3.8, 4) is 0 Å². The molecule has 4 heteroatoms. The highest BCUT2D eigenvalue weighted by Crippen LogP contribution is 2.25. The summed E-state index contributed by atoms with van der Waals surface area (Å²) in [6.07, 6.45) is 0. The Morgan fingerprint density at radius 2 is 2.07 bits per heavy atom. The average Bonchev–Trinajstić information content (AvgIpc) is 2.48. The Bertz CT molecular complexity index is 361. The number of hydrogen-bond donors (Lipinski definition) is 1. The van der Waals surface area contributed by atoms with E-state index in [0.29, 0.717) is 0 Å². The summed E-state index contributed by atoms with van der Waals surface area (Å²) in [4.78, 5) is 4.41. The summed E-state index contributed by atoms with van der Waals surface area (Å²) in [6.45, 7) is 2.66. The lowest BCUT2D eigenvalue weighted by atomic mass is 10.1. The van der Waals surface area contributed by atoms with Crippen molar-refractivity contribution in [3.05, 3.63) is 35.6 Å². The minimum atomic E-state index is -0.213. The number of amidine groups is 1. The van der Waals surface area contributed by atoms with Gasteiger partial charge in [0.25, 0.3) is 0 Å². The lowest BCUT2D eigenvalue weighted by Crippen LogP contribution is -2.14. The van der Waals surface area contributed by atoms with E-state index < -0.39 is 0 Å². The number of nitrogens with zero attached hydrogens (tertiary/aromatic N) is 2. The Labute approximate surface area is 88.0 Å². The van der Waals surface area contributed by atoms with E-state index in [4.69, 9.17) is 0 Å². The lowest BCUT2D eigenvalue weighted by molar-refractivity contribution is 0.618. The van der Waals surface area contributed by atoms with Crippen LogP contribution in [0.1, 0.15) is 18.5 Å². The van der Waals surface area contributed by atoms with E-state index in [1.54, 1.807) is 16.4 Å². The van der Waals surface area contributed by atoms with Crippen molar-refractivity contribution < 1.29 is 4.39 Å². The van der Waals surface area contributed by atoms with Gasteiger partial charge in [-0.25, -0.2) is 4.39 Å². The molecule has 1 unspecified atom stereocenters. The van der Waals surface area contributed by atoms with E-state index in [2.05, 4.69) is 17.8 Å². The van der Waals surface area contributed by atoms with Crippen molar-refractivity contribution in [2.75, 3.05) is 6.54 Å². The predicted octanol–water partition coefficient (Wildman–Crippen LogP) is 2.45. The van der Waals surface area contributed by atoms with E-state index in [9.17, 15) is 4.39 Å². The van der Waals surface area contributed by atoms with E-state index in [-0.39, 0.29) is 11.9 Å². The molecule has 1 aromatic rings. The van der Waals surface area contributed by atoms with Crippen molar-refractivity contribution in [2.45, 2.75) is 13.0 Å². The van der Waals surface area contributed by atoms with Gasteiger partial charge < -0.3 is 4.31 Å². The summed E-state index contributed by atoms with van der Waals surface area (Å²) < 4.78 is 14.5. The number of thiol groups is 1. The fourth-order valence-electron chi connectivity index (χ4n) is 1.49. The first-order valence-corrected chi connectivity index (χ1v) is 4.83. The molecule has 0 fully saturated rings. The topological polar surface area (TPSA) is 15.6 Å². The second-order valence-electron chi connectivity index (χ2n) is 3.33. The van der Waals surface area contributed by atoms with Crippen molar-refractivity contribution in [1.82, 2.24) is 4.31 Å². The van der Waals surface area contributed by atoms with Crippen LogP contribution in [-0.4, -0.2) is 16.7 Å². The summed E-state index contributed by atoms with van der Waals surface area (Å²) in [7, 11) is 0. The number of rotatable bonds is 1. The van der Waals surface area contributed by atoms with Gasteiger partial charge in [0.05, 0.1) is 12.6 Å². The van der Waals surface area contributed by atoms with Crippen LogP contribution < -0.4 is 0 Å². The molecular weight excluding hydrogens is 199 g/mol. The van der Waals surface area contributed by atoms with Crippen molar-refractivity contribution in [2.24, 2.45) is 4.99 Å². The lowest BCUT2D eigenvalue weighted by Gasteiger charge is -2.10. The van der Waals surface area contributed by atoms with Crippen molar-refractivity contribution >= 4 is 18.7 Å². The van der Waals surface area contributed by atoms with Gasteiger partial charge in [-0.2, -0.15) is 0 Å². The zero-order valence-corrected chi connectivity index (χ0v) is 8.71.